The standard InChI is InChI=1S/C8H20N4.Zn/c1-2-10-5-6-12-8-7-11-4-3-9-1;/h9-12H,1-8H2;. The third-order valence-electron chi connectivity index (χ3n) is 1.91. The normalized spacial score (nSPS) is 22.2. The Kier molecular flexibility index (Phi) is 10.9. The van der Waals surface area contributed by atoms with E-state index in [9.17, 15) is 0 Å². The molecular weight excluding hydrogens is 218 g/mol. The van der Waals surface area contributed by atoms with Crippen molar-refractivity contribution in [2.24, 2.45) is 0 Å². The van der Waals surface area contributed by atoms with Crippen LogP contribution in [0.2, 0.25) is 0 Å². The zero-order chi connectivity index (χ0) is 8.49. The van der Waals surface area contributed by atoms with E-state index in [1.807, 2.05) is 0 Å². The number of hydrogen-bond acceptors (Lipinski definition) is 4. The molecule has 1 heterocycles. The molecular formula is C8H20N4Zn. The van der Waals surface area contributed by atoms with Crippen LogP contribution in [0.25, 0.3) is 0 Å². The average molecular weight is 238 g/mol. The zero-order valence-electron chi connectivity index (χ0n) is 8.36. The van der Waals surface area contributed by atoms with Crippen molar-refractivity contribution >= 4 is 0 Å². The second-order valence-electron chi connectivity index (χ2n) is 3.00. The topological polar surface area (TPSA) is 48.1 Å². The summed E-state index contributed by atoms with van der Waals surface area (Å²) in [7, 11) is 0. The fourth-order valence-corrected chi connectivity index (χ4v) is 1.21. The summed E-state index contributed by atoms with van der Waals surface area (Å²) in [5, 5.41) is 13.4. The van der Waals surface area contributed by atoms with Crippen LogP contribution in [0.4, 0.5) is 0 Å². The Balaban J connectivity index is 0.00000144. The van der Waals surface area contributed by atoms with Gasteiger partial charge < -0.3 is 21.3 Å². The second kappa shape index (κ2) is 10.5. The van der Waals surface area contributed by atoms with E-state index >= 15 is 0 Å². The van der Waals surface area contributed by atoms with Gasteiger partial charge >= 0.3 is 0 Å². The fraction of sp³-hybridized carbons (Fsp3) is 1.00. The van der Waals surface area contributed by atoms with Crippen molar-refractivity contribution in [3.63, 3.8) is 0 Å². The van der Waals surface area contributed by atoms with Gasteiger partial charge in [-0.2, -0.15) is 0 Å². The van der Waals surface area contributed by atoms with Crippen LogP contribution in [0.15, 0.2) is 0 Å². The van der Waals surface area contributed by atoms with E-state index < -0.39 is 0 Å². The van der Waals surface area contributed by atoms with Gasteiger partial charge in [-0.3, -0.25) is 0 Å². The van der Waals surface area contributed by atoms with Gasteiger partial charge in [0.1, 0.15) is 0 Å². The molecule has 0 spiro atoms. The summed E-state index contributed by atoms with van der Waals surface area (Å²) in [5.41, 5.74) is 0. The summed E-state index contributed by atoms with van der Waals surface area (Å²) in [6.45, 7) is 8.57. The Morgan fingerprint density at radius 3 is 0.692 bits per heavy atom. The van der Waals surface area contributed by atoms with E-state index in [1.54, 1.807) is 0 Å². The molecule has 0 bridgehead atoms. The molecule has 0 aromatic heterocycles. The van der Waals surface area contributed by atoms with E-state index in [2.05, 4.69) is 21.3 Å². The van der Waals surface area contributed by atoms with Crippen LogP contribution in [0.3, 0.4) is 0 Å². The van der Waals surface area contributed by atoms with Gasteiger partial charge in [0.15, 0.2) is 0 Å². The molecule has 0 amide bonds. The molecule has 74 valence electrons. The first kappa shape index (κ1) is 13.5. The molecule has 0 aromatic carbocycles. The van der Waals surface area contributed by atoms with Crippen molar-refractivity contribution in [3.8, 4) is 0 Å². The molecule has 5 heteroatoms. The van der Waals surface area contributed by atoms with E-state index in [1.165, 1.54) is 0 Å². The van der Waals surface area contributed by atoms with Crippen molar-refractivity contribution < 1.29 is 19.5 Å². The maximum atomic E-state index is 3.36. The van der Waals surface area contributed by atoms with Gasteiger partial charge in [-0.25, -0.2) is 0 Å². The third-order valence-corrected chi connectivity index (χ3v) is 1.91. The maximum Gasteiger partial charge on any atom is 0.00772 e. The van der Waals surface area contributed by atoms with Gasteiger partial charge in [0.25, 0.3) is 0 Å². The molecule has 1 rings (SSSR count). The molecule has 0 unspecified atom stereocenters. The molecule has 0 radical (unpaired) electrons. The number of hydrogen-bond donors (Lipinski definition) is 4. The first-order chi connectivity index (χ1) is 6.00. The van der Waals surface area contributed by atoms with Crippen molar-refractivity contribution in [1.82, 2.24) is 21.3 Å². The molecule has 4 N–H and O–H groups in total. The Morgan fingerprint density at radius 2 is 0.538 bits per heavy atom. The van der Waals surface area contributed by atoms with Crippen molar-refractivity contribution in [1.29, 1.82) is 0 Å². The Morgan fingerprint density at radius 1 is 0.385 bits per heavy atom. The Hall–Kier alpha value is 0.463. The summed E-state index contributed by atoms with van der Waals surface area (Å²) in [6, 6.07) is 0. The summed E-state index contributed by atoms with van der Waals surface area (Å²) < 4.78 is 0. The number of rotatable bonds is 0. The Labute approximate surface area is 93.4 Å². The summed E-state index contributed by atoms with van der Waals surface area (Å²) >= 11 is 0. The minimum absolute atomic E-state index is 0. The molecule has 1 aliphatic rings. The van der Waals surface area contributed by atoms with Gasteiger partial charge in [-0.1, -0.05) is 0 Å². The van der Waals surface area contributed by atoms with Crippen LogP contribution in [-0.4, -0.2) is 52.4 Å². The quantitative estimate of drug-likeness (QED) is 0.382. The molecule has 4 nitrogen and oxygen atoms in total. The molecule has 0 atom stereocenters. The number of nitrogens with one attached hydrogen (secondary N) is 4. The molecule has 13 heavy (non-hydrogen) atoms. The van der Waals surface area contributed by atoms with E-state index in [0.717, 1.165) is 52.4 Å². The minimum Gasteiger partial charge on any atom is -0.314 e. The SMILES string of the molecule is C1CNCCNCCNCCN1.[Zn]. The molecule has 1 aliphatic heterocycles. The van der Waals surface area contributed by atoms with Crippen LogP contribution in [0, 0.1) is 0 Å². The molecule has 0 aromatic rings. The average Bonchev–Trinajstić information content (AvgIpc) is 2.05. The van der Waals surface area contributed by atoms with Crippen molar-refractivity contribution in [2.45, 2.75) is 0 Å². The van der Waals surface area contributed by atoms with Crippen LogP contribution < -0.4 is 21.3 Å². The van der Waals surface area contributed by atoms with Crippen molar-refractivity contribution in [2.75, 3.05) is 52.4 Å². The minimum atomic E-state index is 0. The maximum absolute atomic E-state index is 3.36. The summed E-state index contributed by atoms with van der Waals surface area (Å²) in [5.74, 6) is 0. The van der Waals surface area contributed by atoms with E-state index in [-0.39, 0.29) is 19.5 Å². The zero-order valence-corrected chi connectivity index (χ0v) is 11.3. The smallest absolute Gasteiger partial charge is 0.00772 e. The Bertz CT molecular complexity index is 59.1. The predicted molar refractivity (Wildman–Crippen MR) is 51.5 cm³/mol. The van der Waals surface area contributed by atoms with E-state index in [4.69, 9.17) is 0 Å². The molecule has 0 saturated carbocycles. The van der Waals surface area contributed by atoms with E-state index in [0.29, 0.717) is 0 Å². The van der Waals surface area contributed by atoms with Gasteiger partial charge in [0.2, 0.25) is 0 Å². The van der Waals surface area contributed by atoms with Gasteiger partial charge in [-0.05, 0) is 0 Å². The monoisotopic (exact) mass is 236 g/mol. The first-order valence-electron chi connectivity index (χ1n) is 4.83. The largest absolute Gasteiger partial charge is 0.314 e. The van der Waals surface area contributed by atoms with Crippen LogP contribution in [-0.2, 0) is 19.5 Å². The molecule has 1 saturated heterocycles. The fourth-order valence-electron chi connectivity index (χ4n) is 1.21. The van der Waals surface area contributed by atoms with Crippen LogP contribution in [0.1, 0.15) is 0 Å². The predicted octanol–water partition coefficient (Wildman–Crippen LogP) is -1.64. The molecule has 1 fully saturated rings. The summed E-state index contributed by atoms with van der Waals surface area (Å²) in [6.07, 6.45) is 0. The van der Waals surface area contributed by atoms with Crippen LogP contribution >= 0.6 is 0 Å². The van der Waals surface area contributed by atoms with Gasteiger partial charge in [0, 0.05) is 71.8 Å². The summed E-state index contributed by atoms with van der Waals surface area (Å²) in [4.78, 5) is 0. The van der Waals surface area contributed by atoms with Gasteiger partial charge in [-0.15, -0.1) is 0 Å². The third kappa shape index (κ3) is 8.78. The second-order valence-corrected chi connectivity index (χ2v) is 3.00. The van der Waals surface area contributed by atoms with Gasteiger partial charge in [0.05, 0.1) is 0 Å². The van der Waals surface area contributed by atoms with Crippen LogP contribution in [0.5, 0.6) is 0 Å². The van der Waals surface area contributed by atoms with Crippen molar-refractivity contribution in [3.05, 3.63) is 0 Å². The molecule has 0 aliphatic carbocycles. The first-order valence-corrected chi connectivity index (χ1v) is 4.83.